The quantitative estimate of drug-likeness (QED) is 0.894. The molecule has 0 heterocycles. The van der Waals surface area contributed by atoms with Crippen molar-refractivity contribution in [1.82, 2.24) is 0 Å². The van der Waals surface area contributed by atoms with Gasteiger partial charge in [-0.2, -0.15) is 0 Å². The van der Waals surface area contributed by atoms with Crippen LogP contribution in [0.5, 0.6) is 0 Å². The second kappa shape index (κ2) is 5.81. The van der Waals surface area contributed by atoms with Crippen LogP contribution in [0.3, 0.4) is 0 Å². The number of hydrogen-bond acceptors (Lipinski definition) is 2. The summed E-state index contributed by atoms with van der Waals surface area (Å²) in [5.74, 6) is -0.397. The van der Waals surface area contributed by atoms with Crippen LogP contribution in [0.4, 0.5) is 5.69 Å². The minimum absolute atomic E-state index is 0.0756. The van der Waals surface area contributed by atoms with E-state index >= 15 is 0 Å². The van der Waals surface area contributed by atoms with Gasteiger partial charge in [0.2, 0.25) is 11.8 Å². The summed E-state index contributed by atoms with van der Waals surface area (Å²) in [6.45, 7) is 0. The van der Waals surface area contributed by atoms with Crippen LogP contribution in [-0.2, 0) is 10.2 Å². The Hall–Kier alpha value is -2.14. The molecule has 4 nitrogen and oxygen atoms in total. The number of anilines is 1. The highest BCUT2D eigenvalue weighted by Gasteiger charge is 2.52. The molecule has 2 aromatic rings. The number of rotatable bonds is 4. The van der Waals surface area contributed by atoms with Gasteiger partial charge in [-0.05, 0) is 54.8 Å². The zero-order chi connectivity index (χ0) is 16.6. The molecule has 0 aromatic heterocycles. The van der Waals surface area contributed by atoms with Gasteiger partial charge in [0.15, 0.2) is 0 Å². The van der Waals surface area contributed by atoms with E-state index < -0.39 is 11.3 Å². The molecule has 0 saturated heterocycles. The van der Waals surface area contributed by atoms with Crippen LogP contribution in [0.1, 0.15) is 28.8 Å². The van der Waals surface area contributed by atoms with Crippen molar-refractivity contribution >= 4 is 33.4 Å². The molecule has 0 bridgehead atoms. The summed E-state index contributed by atoms with van der Waals surface area (Å²) >= 11 is 3.42. The van der Waals surface area contributed by atoms with Crippen LogP contribution in [0.2, 0.25) is 0 Å². The van der Waals surface area contributed by atoms with Crippen LogP contribution in [0.15, 0.2) is 53.0 Å². The summed E-state index contributed by atoms with van der Waals surface area (Å²) in [6, 6.07) is 14.7. The lowest BCUT2D eigenvalue weighted by Gasteiger charge is -2.24. The van der Waals surface area contributed by atoms with Crippen molar-refractivity contribution in [3.8, 4) is 0 Å². The highest BCUT2D eigenvalue weighted by Crippen LogP contribution is 2.50. The number of likely N-dealkylation sites (N-methyl/N-ethyl adjacent to an activating group) is 1. The fourth-order valence-electron chi connectivity index (χ4n) is 2.81. The number of nitrogens with two attached hydrogens (primary N) is 1. The van der Waals surface area contributed by atoms with Gasteiger partial charge >= 0.3 is 0 Å². The molecular weight excluding hydrogens is 356 g/mol. The molecule has 1 saturated carbocycles. The maximum Gasteiger partial charge on any atom is 0.248 e. The van der Waals surface area contributed by atoms with Gasteiger partial charge in [0.25, 0.3) is 0 Å². The fourth-order valence-corrected chi connectivity index (χ4v) is 3.07. The summed E-state index contributed by atoms with van der Waals surface area (Å²) in [7, 11) is 1.76. The maximum absolute atomic E-state index is 13.0. The lowest BCUT2D eigenvalue weighted by molar-refractivity contribution is -0.120. The van der Waals surface area contributed by atoms with E-state index in [1.165, 1.54) is 0 Å². The molecule has 0 atom stereocenters. The normalized spacial score (nSPS) is 15.0. The predicted octanol–water partition coefficient (Wildman–Crippen LogP) is 3.24. The van der Waals surface area contributed by atoms with Gasteiger partial charge in [0.1, 0.15) is 0 Å². The number of halogens is 1. The SMILES string of the molecule is CN(C(=O)C1(c2ccc(Br)cc2)CC1)c1ccc(C(N)=O)cc1. The monoisotopic (exact) mass is 372 g/mol. The lowest BCUT2D eigenvalue weighted by Crippen LogP contribution is -2.36. The molecule has 3 rings (SSSR count). The first-order valence-electron chi connectivity index (χ1n) is 7.38. The fraction of sp³-hybridized carbons (Fsp3) is 0.222. The number of hydrogen-bond donors (Lipinski definition) is 1. The number of nitrogens with zero attached hydrogens (tertiary/aromatic N) is 1. The minimum Gasteiger partial charge on any atom is -0.366 e. The zero-order valence-corrected chi connectivity index (χ0v) is 14.3. The number of carbonyl (C=O) groups excluding carboxylic acids is 2. The Balaban J connectivity index is 1.84. The van der Waals surface area contributed by atoms with Gasteiger partial charge in [-0.1, -0.05) is 28.1 Å². The van der Waals surface area contributed by atoms with Crippen molar-refractivity contribution in [2.75, 3.05) is 11.9 Å². The topological polar surface area (TPSA) is 63.4 Å². The minimum atomic E-state index is -0.473. The van der Waals surface area contributed by atoms with Crippen LogP contribution < -0.4 is 10.6 Å². The molecule has 2 N–H and O–H groups in total. The van der Waals surface area contributed by atoms with Gasteiger partial charge in [0, 0.05) is 22.8 Å². The lowest BCUT2D eigenvalue weighted by atomic mass is 9.94. The van der Waals surface area contributed by atoms with Crippen molar-refractivity contribution in [3.05, 3.63) is 64.1 Å². The Morgan fingerprint density at radius 1 is 1.04 bits per heavy atom. The number of primary amides is 1. The maximum atomic E-state index is 13.0. The van der Waals surface area contributed by atoms with Crippen molar-refractivity contribution in [1.29, 1.82) is 0 Å². The molecule has 0 spiro atoms. The summed E-state index contributed by atoms with van der Waals surface area (Å²) in [4.78, 5) is 25.7. The molecule has 1 aliphatic carbocycles. The molecule has 23 heavy (non-hydrogen) atoms. The molecule has 1 fully saturated rings. The molecule has 2 amide bonds. The van der Waals surface area contributed by atoms with E-state index in [-0.39, 0.29) is 5.91 Å². The Labute approximate surface area is 143 Å². The third-order valence-corrected chi connectivity index (χ3v) is 4.93. The zero-order valence-electron chi connectivity index (χ0n) is 12.8. The van der Waals surface area contributed by atoms with Crippen molar-refractivity contribution in [3.63, 3.8) is 0 Å². The van der Waals surface area contributed by atoms with Gasteiger partial charge < -0.3 is 10.6 Å². The molecule has 5 heteroatoms. The van der Waals surface area contributed by atoms with E-state index in [0.29, 0.717) is 5.56 Å². The van der Waals surface area contributed by atoms with Crippen LogP contribution in [0, 0.1) is 0 Å². The van der Waals surface area contributed by atoms with Gasteiger partial charge in [-0.3, -0.25) is 9.59 Å². The van der Waals surface area contributed by atoms with Gasteiger partial charge in [0.05, 0.1) is 5.41 Å². The summed E-state index contributed by atoms with van der Waals surface area (Å²) < 4.78 is 1.000. The number of amides is 2. The molecular formula is C18H17BrN2O2. The summed E-state index contributed by atoms with van der Waals surface area (Å²) in [6.07, 6.45) is 1.72. The molecule has 0 radical (unpaired) electrons. The van der Waals surface area contributed by atoms with Crippen LogP contribution in [0.25, 0.3) is 0 Å². The molecule has 1 aliphatic rings. The first-order chi connectivity index (χ1) is 10.9. The van der Waals surface area contributed by atoms with Crippen LogP contribution >= 0.6 is 15.9 Å². The highest BCUT2D eigenvalue weighted by atomic mass is 79.9. The summed E-state index contributed by atoms with van der Waals surface area (Å²) in [5, 5.41) is 0. The van der Waals surface area contributed by atoms with E-state index in [9.17, 15) is 9.59 Å². The Kier molecular flexibility index (Phi) is 3.98. The smallest absolute Gasteiger partial charge is 0.248 e. The largest absolute Gasteiger partial charge is 0.366 e. The van der Waals surface area contributed by atoms with E-state index in [4.69, 9.17) is 5.73 Å². The van der Waals surface area contributed by atoms with E-state index in [2.05, 4.69) is 15.9 Å². The van der Waals surface area contributed by atoms with Crippen molar-refractivity contribution in [2.24, 2.45) is 5.73 Å². The first-order valence-corrected chi connectivity index (χ1v) is 8.17. The van der Waals surface area contributed by atoms with Crippen molar-refractivity contribution < 1.29 is 9.59 Å². The molecule has 118 valence electrons. The standard InChI is InChI=1S/C18H17BrN2O2/c1-21(15-8-2-12(3-9-15)16(20)22)17(23)18(10-11-18)13-4-6-14(19)7-5-13/h2-9H,10-11H2,1H3,(H2,20,22). The second-order valence-electron chi connectivity index (χ2n) is 5.86. The Bertz CT molecular complexity index is 750. The molecule has 2 aromatic carbocycles. The first kappa shape index (κ1) is 15.7. The Morgan fingerprint density at radius 3 is 2.09 bits per heavy atom. The third kappa shape index (κ3) is 2.88. The average Bonchev–Trinajstić information content (AvgIpc) is 3.36. The molecule has 0 unspecified atom stereocenters. The van der Waals surface area contributed by atoms with Gasteiger partial charge in [-0.25, -0.2) is 0 Å². The van der Waals surface area contributed by atoms with E-state index in [1.54, 1.807) is 36.2 Å². The predicted molar refractivity (Wildman–Crippen MR) is 93.4 cm³/mol. The van der Waals surface area contributed by atoms with Crippen molar-refractivity contribution in [2.45, 2.75) is 18.3 Å². The van der Waals surface area contributed by atoms with Gasteiger partial charge in [-0.15, -0.1) is 0 Å². The summed E-state index contributed by atoms with van der Waals surface area (Å²) in [5.41, 5.74) is 7.06. The average molecular weight is 373 g/mol. The highest BCUT2D eigenvalue weighted by molar-refractivity contribution is 9.10. The van der Waals surface area contributed by atoms with E-state index in [1.807, 2.05) is 24.3 Å². The third-order valence-electron chi connectivity index (χ3n) is 4.40. The van der Waals surface area contributed by atoms with E-state index in [0.717, 1.165) is 28.6 Å². The Morgan fingerprint density at radius 2 is 1.61 bits per heavy atom. The number of benzene rings is 2. The molecule has 0 aliphatic heterocycles. The number of carbonyl (C=O) groups is 2. The van der Waals surface area contributed by atoms with Crippen LogP contribution in [-0.4, -0.2) is 18.9 Å². The second-order valence-corrected chi connectivity index (χ2v) is 6.78.